The van der Waals surface area contributed by atoms with Crippen molar-refractivity contribution in [2.24, 2.45) is 0 Å². The number of carboxylic acid groups (broad SMARTS) is 1. The summed E-state index contributed by atoms with van der Waals surface area (Å²) in [6, 6.07) is 7.25. The lowest BCUT2D eigenvalue weighted by Crippen LogP contribution is -1.99. The Bertz CT molecular complexity index is 612. The van der Waals surface area contributed by atoms with Crippen LogP contribution in [0.2, 0.25) is 0 Å². The minimum Gasteiger partial charge on any atom is -0.481 e. The fourth-order valence-corrected chi connectivity index (χ4v) is 1.68. The Morgan fingerprint density at radius 3 is 2.65 bits per heavy atom. The SMILES string of the molecule is Cc1nc(N)ncc1Oc1ccc(CCC(=O)O)cc1. The molecule has 0 saturated heterocycles. The standard InChI is InChI=1S/C14H15N3O3/c1-9-12(8-16-14(15)17-9)20-11-5-2-10(3-6-11)4-7-13(18)19/h2-3,5-6,8H,4,7H2,1H3,(H,18,19)(H2,15,16,17). The minimum absolute atomic E-state index is 0.116. The summed E-state index contributed by atoms with van der Waals surface area (Å²) < 4.78 is 5.65. The number of nitrogens with zero attached hydrogens (tertiary/aromatic N) is 2. The molecule has 20 heavy (non-hydrogen) atoms. The molecule has 1 heterocycles. The summed E-state index contributed by atoms with van der Waals surface area (Å²) >= 11 is 0. The van der Waals surface area contributed by atoms with Crippen molar-refractivity contribution in [3.05, 3.63) is 41.7 Å². The second-order valence-electron chi connectivity index (χ2n) is 4.32. The highest BCUT2D eigenvalue weighted by molar-refractivity contribution is 5.67. The molecule has 6 heteroatoms. The maximum absolute atomic E-state index is 10.5. The third-order valence-corrected chi connectivity index (χ3v) is 2.73. The second-order valence-corrected chi connectivity index (χ2v) is 4.32. The van der Waals surface area contributed by atoms with Gasteiger partial charge in [-0.05, 0) is 31.0 Å². The maximum atomic E-state index is 10.5. The van der Waals surface area contributed by atoms with Gasteiger partial charge >= 0.3 is 5.97 Å². The van der Waals surface area contributed by atoms with Crippen molar-refractivity contribution >= 4 is 11.9 Å². The van der Waals surface area contributed by atoms with E-state index in [0.29, 0.717) is 23.6 Å². The molecule has 0 unspecified atom stereocenters. The number of anilines is 1. The summed E-state index contributed by atoms with van der Waals surface area (Å²) in [6.07, 6.45) is 2.14. The van der Waals surface area contributed by atoms with E-state index in [1.54, 1.807) is 19.1 Å². The summed E-state index contributed by atoms with van der Waals surface area (Å²) in [4.78, 5) is 18.4. The van der Waals surface area contributed by atoms with Crippen molar-refractivity contribution in [1.82, 2.24) is 9.97 Å². The third-order valence-electron chi connectivity index (χ3n) is 2.73. The van der Waals surface area contributed by atoms with Gasteiger partial charge in [-0.25, -0.2) is 9.97 Å². The average molecular weight is 273 g/mol. The van der Waals surface area contributed by atoms with Crippen LogP contribution in [0.3, 0.4) is 0 Å². The van der Waals surface area contributed by atoms with Crippen molar-refractivity contribution in [2.45, 2.75) is 19.8 Å². The zero-order chi connectivity index (χ0) is 14.5. The van der Waals surface area contributed by atoms with Crippen LogP contribution in [-0.4, -0.2) is 21.0 Å². The summed E-state index contributed by atoms with van der Waals surface area (Å²) in [5.41, 5.74) is 7.08. The zero-order valence-corrected chi connectivity index (χ0v) is 11.0. The van der Waals surface area contributed by atoms with Crippen molar-refractivity contribution in [3.63, 3.8) is 0 Å². The van der Waals surface area contributed by atoms with E-state index < -0.39 is 5.97 Å². The van der Waals surface area contributed by atoms with Gasteiger partial charge in [0.05, 0.1) is 11.9 Å². The van der Waals surface area contributed by atoms with Crippen LogP contribution in [0.25, 0.3) is 0 Å². The smallest absolute Gasteiger partial charge is 0.303 e. The van der Waals surface area contributed by atoms with Crippen molar-refractivity contribution in [2.75, 3.05) is 5.73 Å². The Balaban J connectivity index is 2.05. The van der Waals surface area contributed by atoms with Gasteiger partial charge in [0.1, 0.15) is 5.75 Å². The molecule has 0 bridgehead atoms. The average Bonchev–Trinajstić information content (AvgIpc) is 2.41. The summed E-state index contributed by atoms with van der Waals surface area (Å²) in [5, 5.41) is 8.63. The van der Waals surface area contributed by atoms with E-state index in [1.165, 1.54) is 6.20 Å². The molecule has 0 atom stereocenters. The van der Waals surface area contributed by atoms with E-state index in [-0.39, 0.29) is 12.4 Å². The molecular weight excluding hydrogens is 258 g/mol. The number of nitrogens with two attached hydrogens (primary N) is 1. The molecule has 0 saturated carbocycles. The first-order chi connectivity index (χ1) is 9.54. The monoisotopic (exact) mass is 273 g/mol. The van der Waals surface area contributed by atoms with Crippen molar-refractivity contribution in [1.29, 1.82) is 0 Å². The number of aliphatic carboxylic acids is 1. The van der Waals surface area contributed by atoms with Gasteiger partial charge in [0.25, 0.3) is 0 Å². The van der Waals surface area contributed by atoms with Gasteiger partial charge in [-0.2, -0.15) is 0 Å². The number of nitrogen functional groups attached to an aromatic ring is 1. The molecule has 0 spiro atoms. The molecule has 0 amide bonds. The number of hydrogen-bond acceptors (Lipinski definition) is 5. The first kappa shape index (κ1) is 13.8. The molecule has 0 aliphatic carbocycles. The quantitative estimate of drug-likeness (QED) is 0.866. The van der Waals surface area contributed by atoms with Crippen LogP contribution in [0.4, 0.5) is 5.95 Å². The lowest BCUT2D eigenvalue weighted by molar-refractivity contribution is -0.136. The van der Waals surface area contributed by atoms with E-state index in [2.05, 4.69) is 9.97 Å². The topological polar surface area (TPSA) is 98.3 Å². The number of rotatable bonds is 5. The lowest BCUT2D eigenvalue weighted by Gasteiger charge is -2.08. The van der Waals surface area contributed by atoms with E-state index in [9.17, 15) is 4.79 Å². The lowest BCUT2D eigenvalue weighted by atomic mass is 10.1. The molecule has 0 radical (unpaired) electrons. The van der Waals surface area contributed by atoms with Crippen molar-refractivity contribution in [3.8, 4) is 11.5 Å². The Kier molecular flexibility index (Phi) is 4.14. The predicted octanol–water partition coefficient (Wildman–Crippen LogP) is 2.18. The van der Waals surface area contributed by atoms with Crippen LogP contribution in [0.1, 0.15) is 17.7 Å². The molecule has 0 aliphatic rings. The maximum Gasteiger partial charge on any atom is 0.303 e. The number of aromatic nitrogens is 2. The highest BCUT2D eigenvalue weighted by Crippen LogP contribution is 2.23. The van der Waals surface area contributed by atoms with Crippen molar-refractivity contribution < 1.29 is 14.6 Å². The number of carbonyl (C=O) groups is 1. The Morgan fingerprint density at radius 2 is 2.05 bits per heavy atom. The van der Waals surface area contributed by atoms with Crippen LogP contribution < -0.4 is 10.5 Å². The molecule has 2 rings (SSSR count). The van der Waals surface area contributed by atoms with E-state index in [1.807, 2.05) is 12.1 Å². The van der Waals surface area contributed by atoms with Crippen LogP contribution in [0.5, 0.6) is 11.5 Å². The normalized spacial score (nSPS) is 10.2. The van der Waals surface area contributed by atoms with Gasteiger partial charge in [-0.15, -0.1) is 0 Å². The zero-order valence-electron chi connectivity index (χ0n) is 11.0. The third kappa shape index (κ3) is 3.68. The minimum atomic E-state index is -0.806. The van der Waals surface area contributed by atoms with Gasteiger partial charge < -0.3 is 15.6 Å². The summed E-state index contributed by atoms with van der Waals surface area (Å²) in [6.45, 7) is 1.79. The van der Waals surface area contributed by atoms with E-state index in [0.717, 1.165) is 5.56 Å². The largest absolute Gasteiger partial charge is 0.481 e. The Labute approximate surface area is 116 Å². The molecule has 0 aliphatic heterocycles. The molecular formula is C14H15N3O3. The fourth-order valence-electron chi connectivity index (χ4n) is 1.68. The van der Waals surface area contributed by atoms with Gasteiger partial charge in [-0.1, -0.05) is 12.1 Å². The first-order valence-corrected chi connectivity index (χ1v) is 6.12. The van der Waals surface area contributed by atoms with E-state index >= 15 is 0 Å². The molecule has 3 N–H and O–H groups in total. The summed E-state index contributed by atoms with van der Waals surface area (Å²) in [5.74, 6) is 0.580. The molecule has 0 fully saturated rings. The van der Waals surface area contributed by atoms with Crippen LogP contribution in [-0.2, 0) is 11.2 Å². The Morgan fingerprint density at radius 1 is 1.35 bits per heavy atom. The van der Waals surface area contributed by atoms with E-state index in [4.69, 9.17) is 15.6 Å². The highest BCUT2D eigenvalue weighted by atomic mass is 16.5. The fraction of sp³-hybridized carbons (Fsp3) is 0.214. The second kappa shape index (κ2) is 6.01. The number of aryl methyl sites for hydroxylation is 2. The molecule has 104 valence electrons. The number of hydrogen-bond donors (Lipinski definition) is 2. The van der Waals surface area contributed by atoms with Gasteiger partial charge in [0.15, 0.2) is 5.75 Å². The number of benzene rings is 1. The predicted molar refractivity (Wildman–Crippen MR) is 73.7 cm³/mol. The summed E-state index contributed by atoms with van der Waals surface area (Å²) in [7, 11) is 0. The number of ether oxygens (including phenoxy) is 1. The molecule has 2 aromatic rings. The van der Waals surface area contributed by atoms with Gasteiger partial charge in [0.2, 0.25) is 5.95 Å². The molecule has 1 aromatic carbocycles. The van der Waals surface area contributed by atoms with Gasteiger partial charge in [0, 0.05) is 6.42 Å². The van der Waals surface area contributed by atoms with Crippen LogP contribution in [0.15, 0.2) is 30.5 Å². The number of carboxylic acids is 1. The van der Waals surface area contributed by atoms with Gasteiger partial charge in [-0.3, -0.25) is 4.79 Å². The highest BCUT2D eigenvalue weighted by Gasteiger charge is 2.05. The Hall–Kier alpha value is -2.63. The molecule has 6 nitrogen and oxygen atoms in total. The van der Waals surface area contributed by atoms with Crippen LogP contribution in [0, 0.1) is 6.92 Å². The molecule has 1 aromatic heterocycles. The van der Waals surface area contributed by atoms with Crippen LogP contribution >= 0.6 is 0 Å². The first-order valence-electron chi connectivity index (χ1n) is 6.12.